The molecule has 3 heteroatoms. The van der Waals surface area contributed by atoms with Crippen LogP contribution < -0.4 is 5.32 Å². The summed E-state index contributed by atoms with van der Waals surface area (Å²) in [5, 5.41) is 3.15. The highest BCUT2D eigenvalue weighted by Crippen LogP contribution is 2.11. The third-order valence-corrected chi connectivity index (χ3v) is 2.17. The molecule has 15 heavy (non-hydrogen) atoms. The van der Waals surface area contributed by atoms with Gasteiger partial charge in [-0.2, -0.15) is 0 Å². The van der Waals surface area contributed by atoms with Gasteiger partial charge >= 0.3 is 0 Å². The average molecular weight is 213 g/mol. The summed E-state index contributed by atoms with van der Waals surface area (Å²) < 4.78 is 26.3. The smallest absolute Gasteiger partial charge is 0.129 e. The fourth-order valence-electron chi connectivity index (χ4n) is 1.38. The van der Waals surface area contributed by atoms with E-state index in [0.29, 0.717) is 18.9 Å². The molecule has 1 aromatic rings. The largest absolute Gasteiger partial charge is 0.316 e. The van der Waals surface area contributed by atoms with Crippen LogP contribution >= 0.6 is 0 Å². The Morgan fingerprint density at radius 2 is 1.80 bits per heavy atom. The fourth-order valence-corrected chi connectivity index (χ4v) is 1.38. The van der Waals surface area contributed by atoms with E-state index in [1.54, 1.807) is 0 Å². The minimum absolute atomic E-state index is 0.175. The lowest BCUT2D eigenvalue weighted by atomic mass is 10.1. The second-order valence-corrected chi connectivity index (χ2v) is 4.05. The summed E-state index contributed by atoms with van der Waals surface area (Å²) in [6, 6.07) is 3.97. The number of rotatable bonds is 5. The molecule has 0 amide bonds. The van der Waals surface area contributed by atoms with Crippen molar-refractivity contribution >= 4 is 0 Å². The molecule has 0 aliphatic heterocycles. The van der Waals surface area contributed by atoms with Crippen LogP contribution in [-0.2, 0) is 6.42 Å². The van der Waals surface area contributed by atoms with Gasteiger partial charge in [0.15, 0.2) is 0 Å². The van der Waals surface area contributed by atoms with Crippen LogP contribution in [-0.4, -0.2) is 13.1 Å². The van der Waals surface area contributed by atoms with Gasteiger partial charge in [-0.15, -0.1) is 0 Å². The van der Waals surface area contributed by atoms with E-state index in [2.05, 4.69) is 19.2 Å². The lowest BCUT2D eigenvalue weighted by Gasteiger charge is -2.08. The Balaban J connectivity index is 2.43. The quantitative estimate of drug-likeness (QED) is 0.742. The molecule has 0 bridgehead atoms. The zero-order valence-electron chi connectivity index (χ0n) is 9.19. The third-order valence-electron chi connectivity index (χ3n) is 2.17. The van der Waals surface area contributed by atoms with Gasteiger partial charge in [0.05, 0.1) is 0 Å². The lowest BCUT2D eigenvalue weighted by molar-refractivity contribution is 0.525. The molecular weight excluding hydrogens is 196 g/mol. The summed E-state index contributed by atoms with van der Waals surface area (Å²) in [6.07, 6.45) is 0.394. The topological polar surface area (TPSA) is 12.0 Å². The Bertz CT molecular complexity index is 290. The number of benzene rings is 1. The van der Waals surface area contributed by atoms with Crippen LogP contribution in [0.4, 0.5) is 8.78 Å². The summed E-state index contributed by atoms with van der Waals surface area (Å²) in [5.74, 6) is -0.363. The molecule has 0 saturated heterocycles. The molecule has 0 radical (unpaired) electrons. The zero-order chi connectivity index (χ0) is 11.3. The predicted molar refractivity (Wildman–Crippen MR) is 57.8 cm³/mol. The number of hydrogen-bond acceptors (Lipinski definition) is 1. The van der Waals surface area contributed by atoms with Crippen LogP contribution in [0.2, 0.25) is 0 Å². The van der Waals surface area contributed by atoms with E-state index in [-0.39, 0.29) is 5.56 Å². The average Bonchev–Trinajstić information content (AvgIpc) is 2.15. The molecule has 1 aromatic carbocycles. The van der Waals surface area contributed by atoms with Crippen LogP contribution in [0.15, 0.2) is 18.2 Å². The third kappa shape index (κ3) is 3.96. The van der Waals surface area contributed by atoms with Crippen LogP contribution in [0, 0.1) is 17.6 Å². The highest BCUT2D eigenvalue weighted by Gasteiger charge is 2.07. The molecule has 84 valence electrons. The first kappa shape index (κ1) is 12.1. The van der Waals surface area contributed by atoms with Crippen LogP contribution in [0.5, 0.6) is 0 Å². The number of nitrogens with one attached hydrogen (secondary N) is 1. The molecule has 0 saturated carbocycles. The molecule has 0 spiro atoms. The van der Waals surface area contributed by atoms with Crippen molar-refractivity contribution in [2.45, 2.75) is 20.3 Å². The minimum Gasteiger partial charge on any atom is -0.316 e. The normalized spacial score (nSPS) is 11.0. The first-order valence-corrected chi connectivity index (χ1v) is 5.25. The molecule has 0 aromatic heterocycles. The van der Waals surface area contributed by atoms with Crippen LogP contribution in [0.3, 0.4) is 0 Å². The molecule has 0 heterocycles. The van der Waals surface area contributed by atoms with Gasteiger partial charge in [0, 0.05) is 5.56 Å². The summed E-state index contributed by atoms with van der Waals surface area (Å²) >= 11 is 0. The maximum absolute atomic E-state index is 13.2. The minimum atomic E-state index is -0.457. The molecular formula is C12H17F2N. The Kier molecular flexibility index (Phi) is 4.69. The molecule has 1 rings (SSSR count). The van der Waals surface area contributed by atoms with Crippen LogP contribution in [0.1, 0.15) is 19.4 Å². The van der Waals surface area contributed by atoms with Gasteiger partial charge in [-0.3, -0.25) is 0 Å². The summed E-state index contributed by atoms with van der Waals surface area (Å²) in [5.41, 5.74) is 0.175. The van der Waals surface area contributed by atoms with E-state index >= 15 is 0 Å². The summed E-state index contributed by atoms with van der Waals surface area (Å²) in [7, 11) is 0. The van der Waals surface area contributed by atoms with E-state index in [1.807, 2.05) is 0 Å². The maximum Gasteiger partial charge on any atom is 0.129 e. The first-order valence-electron chi connectivity index (χ1n) is 5.25. The van der Waals surface area contributed by atoms with Gasteiger partial charge in [-0.05, 0) is 37.6 Å². The van der Waals surface area contributed by atoms with E-state index in [0.717, 1.165) is 6.54 Å². The summed E-state index contributed by atoms with van der Waals surface area (Å²) in [4.78, 5) is 0. The van der Waals surface area contributed by atoms with Crippen molar-refractivity contribution in [1.82, 2.24) is 5.32 Å². The first-order chi connectivity index (χ1) is 7.11. The molecule has 0 atom stereocenters. The second-order valence-electron chi connectivity index (χ2n) is 4.05. The van der Waals surface area contributed by atoms with Crippen molar-refractivity contribution in [3.8, 4) is 0 Å². The van der Waals surface area contributed by atoms with Crippen molar-refractivity contribution < 1.29 is 8.78 Å². The standard InChI is InChI=1S/C12H17F2N/c1-9(2)8-15-7-6-10-11(13)4-3-5-12(10)14/h3-5,9,15H,6-8H2,1-2H3. The Hall–Kier alpha value is -0.960. The summed E-state index contributed by atoms with van der Waals surface area (Å²) in [6.45, 7) is 5.67. The maximum atomic E-state index is 13.2. The SMILES string of the molecule is CC(C)CNCCc1c(F)cccc1F. The predicted octanol–water partition coefficient (Wildman–Crippen LogP) is 2.75. The Morgan fingerprint density at radius 3 is 2.33 bits per heavy atom. The number of halogens is 2. The van der Waals surface area contributed by atoms with Gasteiger partial charge in [0.2, 0.25) is 0 Å². The van der Waals surface area contributed by atoms with Gasteiger partial charge < -0.3 is 5.32 Å². The van der Waals surface area contributed by atoms with Gasteiger partial charge in [0.25, 0.3) is 0 Å². The molecule has 1 nitrogen and oxygen atoms in total. The van der Waals surface area contributed by atoms with Crippen molar-refractivity contribution in [3.05, 3.63) is 35.4 Å². The molecule has 0 aliphatic rings. The highest BCUT2D eigenvalue weighted by molar-refractivity contribution is 5.19. The molecule has 0 unspecified atom stereocenters. The lowest BCUT2D eigenvalue weighted by Crippen LogP contribution is -2.22. The zero-order valence-corrected chi connectivity index (χ0v) is 9.19. The fraction of sp³-hybridized carbons (Fsp3) is 0.500. The molecule has 1 N–H and O–H groups in total. The van der Waals surface area contributed by atoms with Crippen molar-refractivity contribution in [2.24, 2.45) is 5.92 Å². The van der Waals surface area contributed by atoms with Gasteiger partial charge in [-0.1, -0.05) is 19.9 Å². The van der Waals surface area contributed by atoms with E-state index in [4.69, 9.17) is 0 Å². The second kappa shape index (κ2) is 5.81. The Morgan fingerprint density at radius 1 is 1.20 bits per heavy atom. The van der Waals surface area contributed by atoms with Crippen LogP contribution in [0.25, 0.3) is 0 Å². The van der Waals surface area contributed by atoms with Gasteiger partial charge in [0.1, 0.15) is 11.6 Å². The van der Waals surface area contributed by atoms with E-state index in [9.17, 15) is 8.78 Å². The molecule has 0 aliphatic carbocycles. The molecule has 0 fully saturated rings. The van der Waals surface area contributed by atoms with E-state index < -0.39 is 11.6 Å². The van der Waals surface area contributed by atoms with E-state index in [1.165, 1.54) is 18.2 Å². The van der Waals surface area contributed by atoms with Crippen molar-refractivity contribution in [3.63, 3.8) is 0 Å². The Labute approximate surface area is 89.5 Å². The van der Waals surface area contributed by atoms with Gasteiger partial charge in [-0.25, -0.2) is 8.78 Å². The highest BCUT2D eigenvalue weighted by atomic mass is 19.1. The van der Waals surface area contributed by atoms with Crippen molar-refractivity contribution in [1.29, 1.82) is 0 Å². The number of hydrogen-bond donors (Lipinski definition) is 1. The monoisotopic (exact) mass is 213 g/mol. The van der Waals surface area contributed by atoms with Crippen molar-refractivity contribution in [2.75, 3.05) is 13.1 Å².